The predicted molar refractivity (Wildman–Crippen MR) is 62.9 cm³/mol. The van der Waals surface area contributed by atoms with Crippen molar-refractivity contribution in [2.24, 2.45) is 7.05 Å². The molecule has 1 aromatic heterocycles. The summed E-state index contributed by atoms with van der Waals surface area (Å²) in [5, 5.41) is 14.9. The number of aromatic nitrogens is 2. The molecule has 0 amide bonds. The number of aryl methyl sites for hydroxylation is 1. The number of nitro groups is 1. The standard InChI is InChI=1S/C11H11N3O4/c1-13-7-8(6-12-13)18-10-5-3-4-9(17-2)11(10)14(15)16/h3-7H,1-2H3. The Hall–Kier alpha value is -2.57. The molecule has 2 rings (SSSR count). The van der Waals surface area contributed by atoms with Crippen LogP contribution in [0, 0.1) is 10.1 Å². The van der Waals surface area contributed by atoms with E-state index in [0.717, 1.165) is 0 Å². The maximum atomic E-state index is 11.0. The summed E-state index contributed by atoms with van der Waals surface area (Å²) < 4.78 is 11.9. The average Bonchev–Trinajstić information content (AvgIpc) is 2.74. The third-order valence-electron chi connectivity index (χ3n) is 2.27. The van der Waals surface area contributed by atoms with Crippen molar-refractivity contribution in [2.75, 3.05) is 7.11 Å². The van der Waals surface area contributed by atoms with Crippen LogP contribution in [0.1, 0.15) is 0 Å². The van der Waals surface area contributed by atoms with Crippen LogP contribution in [-0.2, 0) is 7.05 Å². The second-order valence-electron chi connectivity index (χ2n) is 3.52. The zero-order chi connectivity index (χ0) is 13.1. The van der Waals surface area contributed by atoms with Crippen molar-refractivity contribution in [1.29, 1.82) is 0 Å². The summed E-state index contributed by atoms with van der Waals surface area (Å²) in [7, 11) is 3.10. The van der Waals surface area contributed by atoms with Crippen molar-refractivity contribution in [2.45, 2.75) is 0 Å². The topological polar surface area (TPSA) is 79.4 Å². The van der Waals surface area contributed by atoms with E-state index in [2.05, 4.69) is 5.10 Å². The van der Waals surface area contributed by atoms with Crippen LogP contribution < -0.4 is 9.47 Å². The number of methoxy groups -OCH3 is 1. The van der Waals surface area contributed by atoms with Crippen LogP contribution in [0.3, 0.4) is 0 Å². The molecule has 1 heterocycles. The van der Waals surface area contributed by atoms with E-state index >= 15 is 0 Å². The summed E-state index contributed by atoms with van der Waals surface area (Å²) in [6, 6.07) is 4.64. The van der Waals surface area contributed by atoms with Gasteiger partial charge in [0.05, 0.1) is 24.4 Å². The van der Waals surface area contributed by atoms with E-state index in [1.165, 1.54) is 25.4 Å². The van der Waals surface area contributed by atoms with E-state index in [0.29, 0.717) is 5.75 Å². The first-order valence-corrected chi connectivity index (χ1v) is 5.09. The van der Waals surface area contributed by atoms with Crippen LogP contribution >= 0.6 is 0 Å². The molecule has 0 unspecified atom stereocenters. The lowest BCUT2D eigenvalue weighted by Gasteiger charge is -2.06. The van der Waals surface area contributed by atoms with Gasteiger partial charge in [0.1, 0.15) is 0 Å². The minimum absolute atomic E-state index is 0.118. The Kier molecular flexibility index (Phi) is 3.13. The molecule has 7 nitrogen and oxygen atoms in total. The zero-order valence-electron chi connectivity index (χ0n) is 9.86. The zero-order valence-corrected chi connectivity index (χ0v) is 9.86. The molecule has 0 radical (unpaired) electrons. The Balaban J connectivity index is 2.41. The summed E-state index contributed by atoms with van der Waals surface area (Å²) >= 11 is 0. The molecule has 0 fully saturated rings. The van der Waals surface area contributed by atoms with Gasteiger partial charge < -0.3 is 9.47 Å². The third kappa shape index (κ3) is 2.24. The van der Waals surface area contributed by atoms with Gasteiger partial charge in [-0.25, -0.2) is 0 Å². The van der Waals surface area contributed by atoms with E-state index in [1.807, 2.05) is 0 Å². The molecule has 18 heavy (non-hydrogen) atoms. The molecular formula is C11H11N3O4. The molecule has 2 aromatic rings. The molecule has 0 N–H and O–H groups in total. The second kappa shape index (κ2) is 4.74. The lowest BCUT2D eigenvalue weighted by Crippen LogP contribution is -1.96. The molecule has 0 saturated carbocycles. The summed E-state index contributed by atoms with van der Waals surface area (Å²) in [6.45, 7) is 0. The Morgan fingerprint density at radius 3 is 2.67 bits per heavy atom. The van der Waals surface area contributed by atoms with Gasteiger partial charge in [0.25, 0.3) is 0 Å². The fourth-order valence-corrected chi connectivity index (χ4v) is 1.51. The highest BCUT2D eigenvalue weighted by atomic mass is 16.6. The Morgan fingerprint density at radius 1 is 1.39 bits per heavy atom. The third-order valence-corrected chi connectivity index (χ3v) is 2.27. The molecule has 7 heteroatoms. The summed E-state index contributed by atoms with van der Waals surface area (Å²) in [4.78, 5) is 10.5. The fourth-order valence-electron chi connectivity index (χ4n) is 1.51. The summed E-state index contributed by atoms with van der Waals surface area (Å²) in [5.41, 5.74) is -0.205. The van der Waals surface area contributed by atoms with Crippen LogP contribution in [0.2, 0.25) is 0 Å². The van der Waals surface area contributed by atoms with Crippen molar-refractivity contribution in [3.8, 4) is 17.2 Å². The normalized spacial score (nSPS) is 10.1. The van der Waals surface area contributed by atoms with Crippen molar-refractivity contribution in [1.82, 2.24) is 9.78 Å². The first kappa shape index (κ1) is 11.9. The molecule has 0 spiro atoms. The van der Waals surface area contributed by atoms with Gasteiger partial charge in [-0.2, -0.15) is 5.10 Å². The van der Waals surface area contributed by atoms with Crippen LogP contribution in [0.4, 0.5) is 5.69 Å². The molecule has 1 aromatic carbocycles. The number of hydrogen-bond acceptors (Lipinski definition) is 5. The molecule has 0 bridgehead atoms. The monoisotopic (exact) mass is 249 g/mol. The molecule has 0 saturated heterocycles. The fraction of sp³-hybridized carbons (Fsp3) is 0.182. The number of rotatable bonds is 4. The van der Waals surface area contributed by atoms with Gasteiger partial charge in [0.2, 0.25) is 11.5 Å². The van der Waals surface area contributed by atoms with Crippen LogP contribution in [0.15, 0.2) is 30.6 Å². The molecule has 0 aliphatic heterocycles. The lowest BCUT2D eigenvalue weighted by atomic mass is 10.2. The van der Waals surface area contributed by atoms with Crippen LogP contribution in [0.5, 0.6) is 17.2 Å². The molecular weight excluding hydrogens is 238 g/mol. The lowest BCUT2D eigenvalue weighted by molar-refractivity contribution is -0.386. The number of nitrogens with zero attached hydrogens (tertiary/aromatic N) is 3. The number of para-hydroxylation sites is 1. The predicted octanol–water partition coefficient (Wildman–Crippen LogP) is 2.13. The van der Waals surface area contributed by atoms with Crippen molar-refractivity contribution >= 4 is 5.69 Å². The minimum Gasteiger partial charge on any atom is -0.490 e. The van der Waals surface area contributed by atoms with E-state index in [4.69, 9.17) is 9.47 Å². The summed E-state index contributed by atoms with van der Waals surface area (Å²) in [5.74, 6) is 0.697. The van der Waals surface area contributed by atoms with Gasteiger partial charge in [0.15, 0.2) is 5.75 Å². The van der Waals surface area contributed by atoms with Gasteiger partial charge in [-0.1, -0.05) is 6.07 Å². The quantitative estimate of drug-likeness (QED) is 0.612. The smallest absolute Gasteiger partial charge is 0.352 e. The van der Waals surface area contributed by atoms with Crippen LogP contribution in [0.25, 0.3) is 0 Å². The maximum Gasteiger partial charge on any atom is 0.352 e. The number of benzene rings is 1. The molecule has 0 aliphatic rings. The van der Waals surface area contributed by atoms with Gasteiger partial charge in [0, 0.05) is 7.05 Å². The molecule has 0 atom stereocenters. The van der Waals surface area contributed by atoms with Crippen molar-refractivity contribution < 1.29 is 14.4 Å². The van der Waals surface area contributed by atoms with E-state index in [9.17, 15) is 10.1 Å². The van der Waals surface area contributed by atoms with E-state index in [1.54, 1.807) is 24.0 Å². The number of nitro benzene ring substituents is 1. The SMILES string of the molecule is COc1cccc(Oc2cnn(C)c2)c1[N+](=O)[O-]. The van der Waals surface area contributed by atoms with Gasteiger partial charge in [-0.3, -0.25) is 14.8 Å². The van der Waals surface area contributed by atoms with Crippen molar-refractivity contribution in [3.63, 3.8) is 0 Å². The molecule has 94 valence electrons. The summed E-state index contributed by atoms with van der Waals surface area (Å²) in [6.07, 6.45) is 3.09. The number of ether oxygens (including phenoxy) is 2. The van der Waals surface area contributed by atoms with Crippen molar-refractivity contribution in [3.05, 3.63) is 40.7 Å². The van der Waals surface area contributed by atoms with Gasteiger partial charge in [-0.05, 0) is 12.1 Å². The Bertz CT molecular complexity index is 579. The average molecular weight is 249 g/mol. The number of hydrogen-bond donors (Lipinski definition) is 0. The molecule has 0 aliphatic carbocycles. The first-order chi connectivity index (χ1) is 8.61. The first-order valence-electron chi connectivity index (χ1n) is 5.09. The largest absolute Gasteiger partial charge is 0.490 e. The van der Waals surface area contributed by atoms with E-state index < -0.39 is 4.92 Å². The second-order valence-corrected chi connectivity index (χ2v) is 3.52. The Labute approximate surface area is 103 Å². The maximum absolute atomic E-state index is 11.0. The van der Waals surface area contributed by atoms with Gasteiger partial charge >= 0.3 is 5.69 Å². The highest BCUT2D eigenvalue weighted by molar-refractivity contribution is 5.58. The van der Waals surface area contributed by atoms with Gasteiger partial charge in [-0.15, -0.1) is 0 Å². The Morgan fingerprint density at radius 2 is 2.11 bits per heavy atom. The van der Waals surface area contributed by atoms with E-state index in [-0.39, 0.29) is 17.2 Å². The highest BCUT2D eigenvalue weighted by Crippen LogP contribution is 2.38. The van der Waals surface area contributed by atoms with Crippen LogP contribution in [-0.4, -0.2) is 21.8 Å². The minimum atomic E-state index is -0.537. The highest BCUT2D eigenvalue weighted by Gasteiger charge is 2.22.